The Morgan fingerprint density at radius 1 is 1.45 bits per heavy atom. The Kier molecular flexibility index (Phi) is 5.15. The van der Waals surface area contributed by atoms with Gasteiger partial charge in [-0.2, -0.15) is 0 Å². The van der Waals surface area contributed by atoms with Crippen LogP contribution in [0.5, 0.6) is 0 Å². The molecular formula is C16H24N2O2. The summed E-state index contributed by atoms with van der Waals surface area (Å²) < 4.78 is 0. The molecule has 1 aromatic carbocycles. The van der Waals surface area contributed by atoms with E-state index in [9.17, 15) is 9.90 Å². The number of hydrogen-bond acceptors (Lipinski definition) is 3. The van der Waals surface area contributed by atoms with Crippen molar-refractivity contribution in [3.63, 3.8) is 0 Å². The van der Waals surface area contributed by atoms with Gasteiger partial charge in [0.2, 0.25) is 0 Å². The largest absolute Gasteiger partial charge is 0.480 e. The molecule has 2 atom stereocenters. The van der Waals surface area contributed by atoms with Gasteiger partial charge in [-0.25, -0.2) is 0 Å². The maximum Gasteiger partial charge on any atom is 0.321 e. The Balaban J connectivity index is 1.96. The lowest BCUT2D eigenvalue weighted by atomic mass is 9.90. The minimum Gasteiger partial charge on any atom is -0.480 e. The quantitative estimate of drug-likeness (QED) is 0.862. The van der Waals surface area contributed by atoms with E-state index in [1.807, 2.05) is 0 Å². The minimum atomic E-state index is -0.741. The van der Waals surface area contributed by atoms with Crippen LogP contribution in [0.4, 0.5) is 0 Å². The van der Waals surface area contributed by atoms with E-state index in [4.69, 9.17) is 0 Å². The van der Waals surface area contributed by atoms with Crippen LogP contribution >= 0.6 is 0 Å². The number of carboxylic acids is 1. The molecule has 0 amide bonds. The fraction of sp³-hybridized carbons (Fsp3) is 0.562. The summed E-state index contributed by atoms with van der Waals surface area (Å²) in [5.74, 6) is -0.550. The summed E-state index contributed by atoms with van der Waals surface area (Å²) in [5, 5.41) is 12.2. The predicted molar refractivity (Wildman–Crippen MR) is 79.7 cm³/mol. The first-order chi connectivity index (χ1) is 9.60. The number of nitrogens with zero attached hydrogens (tertiary/aromatic N) is 1. The second-order valence-electron chi connectivity index (χ2n) is 5.73. The number of aryl methyl sites for hydroxylation is 1. The van der Waals surface area contributed by atoms with Crippen molar-refractivity contribution in [1.82, 2.24) is 10.2 Å². The van der Waals surface area contributed by atoms with Crippen LogP contribution in [0.2, 0.25) is 0 Å². The summed E-state index contributed by atoms with van der Waals surface area (Å²) in [6.45, 7) is 4.91. The Hall–Kier alpha value is -1.39. The summed E-state index contributed by atoms with van der Waals surface area (Å²) >= 11 is 0. The molecule has 1 aliphatic rings. The second kappa shape index (κ2) is 6.86. The van der Waals surface area contributed by atoms with E-state index in [0.717, 1.165) is 32.5 Å². The molecule has 2 unspecified atom stereocenters. The third-order valence-corrected chi connectivity index (χ3v) is 4.12. The molecule has 1 heterocycles. The van der Waals surface area contributed by atoms with Crippen LogP contribution in [0.15, 0.2) is 24.3 Å². The number of piperidine rings is 1. The van der Waals surface area contributed by atoms with E-state index >= 15 is 0 Å². The summed E-state index contributed by atoms with van der Waals surface area (Å²) in [7, 11) is 1.73. The van der Waals surface area contributed by atoms with Gasteiger partial charge in [-0.15, -0.1) is 0 Å². The Morgan fingerprint density at radius 3 is 2.75 bits per heavy atom. The van der Waals surface area contributed by atoms with Gasteiger partial charge in [0, 0.05) is 13.1 Å². The molecule has 0 aromatic heterocycles. The van der Waals surface area contributed by atoms with Crippen molar-refractivity contribution < 1.29 is 9.90 Å². The molecule has 2 rings (SSSR count). The Labute approximate surface area is 120 Å². The van der Waals surface area contributed by atoms with Crippen LogP contribution < -0.4 is 5.32 Å². The van der Waals surface area contributed by atoms with Crippen LogP contribution in [0.25, 0.3) is 0 Å². The fourth-order valence-corrected chi connectivity index (χ4v) is 3.02. The first-order valence-corrected chi connectivity index (χ1v) is 7.28. The van der Waals surface area contributed by atoms with E-state index in [0.29, 0.717) is 0 Å². The van der Waals surface area contributed by atoms with Crippen molar-refractivity contribution in [1.29, 1.82) is 0 Å². The molecule has 0 aliphatic carbocycles. The minimum absolute atomic E-state index is 0.191. The molecule has 1 aromatic rings. The number of likely N-dealkylation sites (tertiary alicyclic amines) is 1. The lowest BCUT2D eigenvalue weighted by molar-refractivity contribution is -0.141. The first kappa shape index (κ1) is 15.0. The van der Waals surface area contributed by atoms with Gasteiger partial charge < -0.3 is 10.4 Å². The Morgan fingerprint density at radius 2 is 2.15 bits per heavy atom. The van der Waals surface area contributed by atoms with Crippen LogP contribution in [0, 0.1) is 12.8 Å². The fourth-order valence-electron chi connectivity index (χ4n) is 3.02. The topological polar surface area (TPSA) is 52.6 Å². The van der Waals surface area contributed by atoms with Crippen LogP contribution in [0.1, 0.15) is 24.0 Å². The maximum absolute atomic E-state index is 11.3. The molecule has 4 nitrogen and oxygen atoms in total. The highest BCUT2D eigenvalue weighted by atomic mass is 16.4. The van der Waals surface area contributed by atoms with E-state index in [1.54, 1.807) is 7.05 Å². The lowest BCUT2D eigenvalue weighted by Crippen LogP contribution is -2.48. The SMILES string of the molecule is CNC(C(=O)O)C1CCCN(Cc2ccc(C)cc2)C1. The van der Waals surface area contributed by atoms with Crippen molar-refractivity contribution in [2.24, 2.45) is 5.92 Å². The van der Waals surface area contributed by atoms with E-state index < -0.39 is 12.0 Å². The number of carbonyl (C=O) groups is 1. The molecule has 1 saturated heterocycles. The maximum atomic E-state index is 11.3. The summed E-state index contributed by atoms with van der Waals surface area (Å²) in [4.78, 5) is 13.6. The van der Waals surface area contributed by atoms with Crippen LogP contribution in [-0.4, -0.2) is 42.2 Å². The number of benzene rings is 1. The average molecular weight is 276 g/mol. The van der Waals surface area contributed by atoms with Crippen molar-refractivity contribution in [2.45, 2.75) is 32.4 Å². The number of carboxylic acid groups (broad SMARTS) is 1. The highest BCUT2D eigenvalue weighted by Crippen LogP contribution is 2.21. The number of rotatable bonds is 5. The normalized spacial score (nSPS) is 21.6. The number of nitrogens with one attached hydrogen (secondary N) is 1. The highest BCUT2D eigenvalue weighted by molar-refractivity contribution is 5.73. The first-order valence-electron chi connectivity index (χ1n) is 7.28. The molecule has 0 bridgehead atoms. The summed E-state index contributed by atoms with van der Waals surface area (Å²) in [6, 6.07) is 8.14. The third kappa shape index (κ3) is 3.81. The molecule has 0 saturated carbocycles. The molecule has 1 aliphatic heterocycles. The number of likely N-dealkylation sites (N-methyl/N-ethyl adjacent to an activating group) is 1. The monoisotopic (exact) mass is 276 g/mol. The van der Waals surface area contributed by atoms with Gasteiger partial charge in [0.05, 0.1) is 0 Å². The molecule has 4 heteroatoms. The zero-order valence-electron chi connectivity index (χ0n) is 12.3. The van der Waals surface area contributed by atoms with Crippen molar-refractivity contribution in [3.8, 4) is 0 Å². The van der Waals surface area contributed by atoms with Crippen LogP contribution in [0.3, 0.4) is 0 Å². The lowest BCUT2D eigenvalue weighted by Gasteiger charge is -2.35. The van der Waals surface area contributed by atoms with E-state index in [1.165, 1.54) is 11.1 Å². The molecule has 0 spiro atoms. The van der Waals surface area contributed by atoms with Crippen LogP contribution in [-0.2, 0) is 11.3 Å². The van der Waals surface area contributed by atoms with E-state index in [-0.39, 0.29) is 5.92 Å². The third-order valence-electron chi connectivity index (χ3n) is 4.12. The van der Waals surface area contributed by atoms with Gasteiger partial charge in [0.15, 0.2) is 0 Å². The molecule has 1 fully saturated rings. The summed E-state index contributed by atoms with van der Waals surface area (Å²) in [5.41, 5.74) is 2.57. The second-order valence-corrected chi connectivity index (χ2v) is 5.73. The zero-order chi connectivity index (χ0) is 14.5. The van der Waals surface area contributed by atoms with Crippen molar-refractivity contribution in [2.75, 3.05) is 20.1 Å². The zero-order valence-corrected chi connectivity index (χ0v) is 12.3. The summed E-state index contributed by atoms with van der Waals surface area (Å²) in [6.07, 6.45) is 2.06. The Bertz CT molecular complexity index is 444. The molecular weight excluding hydrogens is 252 g/mol. The van der Waals surface area contributed by atoms with Crippen molar-refractivity contribution in [3.05, 3.63) is 35.4 Å². The molecule has 2 N–H and O–H groups in total. The number of aliphatic carboxylic acids is 1. The van der Waals surface area contributed by atoms with Crippen molar-refractivity contribution >= 4 is 5.97 Å². The molecule has 110 valence electrons. The van der Waals surface area contributed by atoms with Gasteiger partial charge in [-0.3, -0.25) is 9.69 Å². The van der Waals surface area contributed by atoms with Gasteiger partial charge in [0.1, 0.15) is 6.04 Å². The average Bonchev–Trinajstić information content (AvgIpc) is 2.42. The number of hydrogen-bond donors (Lipinski definition) is 2. The molecule has 0 radical (unpaired) electrons. The highest BCUT2D eigenvalue weighted by Gasteiger charge is 2.30. The smallest absolute Gasteiger partial charge is 0.321 e. The van der Waals surface area contributed by atoms with E-state index in [2.05, 4.69) is 41.4 Å². The standard InChI is InChI=1S/C16H24N2O2/c1-12-5-7-13(8-6-12)10-18-9-3-4-14(11-18)15(17-2)16(19)20/h5-8,14-15,17H,3-4,9-11H2,1-2H3,(H,19,20). The van der Waals surface area contributed by atoms with Gasteiger partial charge in [0.25, 0.3) is 0 Å². The van der Waals surface area contributed by atoms with Gasteiger partial charge in [-0.1, -0.05) is 29.8 Å². The predicted octanol–water partition coefficient (Wildman–Crippen LogP) is 1.88. The molecule has 20 heavy (non-hydrogen) atoms. The van der Waals surface area contributed by atoms with Gasteiger partial charge in [-0.05, 0) is 44.8 Å². The van der Waals surface area contributed by atoms with Gasteiger partial charge >= 0.3 is 5.97 Å².